The van der Waals surface area contributed by atoms with Crippen LogP contribution in [-0.2, 0) is 7.05 Å². The Morgan fingerprint density at radius 2 is 1.88 bits per heavy atom. The van der Waals surface area contributed by atoms with Gasteiger partial charge in [0.2, 0.25) is 0 Å². The number of nitrogens with zero attached hydrogens (tertiary/aromatic N) is 2. The maximum atomic E-state index is 12.3. The number of benzene rings is 1. The molecule has 3 rings (SSSR count). The highest BCUT2D eigenvalue weighted by molar-refractivity contribution is 5.93. The maximum Gasteiger partial charge on any atom is 0.267 e. The maximum absolute atomic E-state index is 12.3. The number of carbonyl (C=O) groups is 1. The van der Waals surface area contributed by atoms with E-state index >= 15 is 0 Å². The van der Waals surface area contributed by atoms with E-state index in [2.05, 4.69) is 15.6 Å². The van der Waals surface area contributed by atoms with Crippen LogP contribution in [0.4, 0.5) is 5.69 Å². The van der Waals surface area contributed by atoms with Gasteiger partial charge in [-0.05, 0) is 29.8 Å². The lowest BCUT2D eigenvalue weighted by Gasteiger charge is -2.10. The van der Waals surface area contributed by atoms with Crippen LogP contribution in [0.3, 0.4) is 0 Å². The van der Waals surface area contributed by atoms with Crippen LogP contribution in [0.5, 0.6) is 0 Å². The average molecular weight is 320 g/mol. The van der Waals surface area contributed by atoms with Crippen molar-refractivity contribution in [2.45, 2.75) is 0 Å². The van der Waals surface area contributed by atoms with Crippen molar-refractivity contribution in [1.82, 2.24) is 14.9 Å². The van der Waals surface area contributed by atoms with E-state index in [9.17, 15) is 4.79 Å². The molecule has 3 aromatic rings. The Morgan fingerprint density at radius 3 is 2.62 bits per heavy atom. The molecular weight excluding hydrogens is 300 g/mol. The molecule has 0 saturated carbocycles. The Morgan fingerprint density at radius 1 is 1.04 bits per heavy atom. The molecule has 2 heterocycles. The predicted molar refractivity (Wildman–Crippen MR) is 95.9 cm³/mol. The van der Waals surface area contributed by atoms with Gasteiger partial charge in [-0.2, -0.15) is 0 Å². The molecule has 2 aromatic heterocycles. The number of pyridine rings is 1. The third kappa shape index (κ3) is 3.63. The monoisotopic (exact) mass is 320 g/mol. The van der Waals surface area contributed by atoms with Crippen molar-refractivity contribution >= 4 is 11.6 Å². The number of rotatable bonds is 6. The van der Waals surface area contributed by atoms with Gasteiger partial charge in [0.15, 0.2) is 0 Å². The minimum atomic E-state index is -0.0762. The van der Waals surface area contributed by atoms with Gasteiger partial charge in [0.25, 0.3) is 5.91 Å². The average Bonchev–Trinajstić information content (AvgIpc) is 3.02. The van der Waals surface area contributed by atoms with Crippen molar-refractivity contribution < 1.29 is 4.79 Å². The topological polar surface area (TPSA) is 59.0 Å². The molecule has 0 atom stereocenters. The third-order valence-corrected chi connectivity index (χ3v) is 3.83. The largest absolute Gasteiger partial charge is 0.382 e. The van der Waals surface area contributed by atoms with E-state index in [0.29, 0.717) is 18.8 Å². The van der Waals surface area contributed by atoms with Crippen LogP contribution in [-0.4, -0.2) is 28.5 Å². The first kappa shape index (κ1) is 15.8. The molecular formula is C19H20N4O. The molecule has 0 aliphatic rings. The number of hydrogen-bond acceptors (Lipinski definition) is 3. The molecule has 0 bridgehead atoms. The van der Waals surface area contributed by atoms with Crippen molar-refractivity contribution in [1.29, 1.82) is 0 Å². The highest BCUT2D eigenvalue weighted by Gasteiger charge is 2.12. The number of aromatic nitrogens is 2. The van der Waals surface area contributed by atoms with Gasteiger partial charge >= 0.3 is 0 Å². The second-order valence-corrected chi connectivity index (χ2v) is 5.45. The molecule has 5 nitrogen and oxygen atoms in total. The Balaban J connectivity index is 1.57. The molecule has 2 N–H and O–H groups in total. The lowest BCUT2D eigenvalue weighted by atomic mass is 10.2. The summed E-state index contributed by atoms with van der Waals surface area (Å²) in [5, 5.41) is 6.15. The summed E-state index contributed by atoms with van der Waals surface area (Å²) in [6.45, 7) is 1.19. The Hall–Kier alpha value is -3.08. The molecule has 122 valence electrons. The SMILES string of the molecule is Cn1c(C(=O)NCCNc2cccnc2)ccc1-c1ccccc1. The summed E-state index contributed by atoms with van der Waals surface area (Å²) in [5.74, 6) is -0.0762. The zero-order chi connectivity index (χ0) is 16.8. The van der Waals surface area contributed by atoms with Crippen molar-refractivity contribution in [3.05, 3.63) is 72.7 Å². The number of anilines is 1. The van der Waals surface area contributed by atoms with Gasteiger partial charge in [0.1, 0.15) is 5.69 Å². The van der Waals surface area contributed by atoms with E-state index in [1.165, 1.54) is 0 Å². The van der Waals surface area contributed by atoms with Gasteiger partial charge in [0, 0.05) is 38.2 Å². The van der Waals surface area contributed by atoms with Crippen molar-refractivity contribution in [3.63, 3.8) is 0 Å². The van der Waals surface area contributed by atoms with Gasteiger partial charge in [-0.15, -0.1) is 0 Å². The van der Waals surface area contributed by atoms with Crippen LogP contribution in [0.25, 0.3) is 11.3 Å². The van der Waals surface area contributed by atoms with Gasteiger partial charge in [-0.1, -0.05) is 30.3 Å². The second kappa shape index (κ2) is 7.46. The smallest absolute Gasteiger partial charge is 0.267 e. The molecule has 0 aliphatic carbocycles. The van der Waals surface area contributed by atoms with E-state index in [1.54, 1.807) is 12.4 Å². The first-order chi connectivity index (χ1) is 11.8. The van der Waals surface area contributed by atoms with Gasteiger partial charge in [-0.25, -0.2) is 0 Å². The lowest BCUT2D eigenvalue weighted by molar-refractivity contribution is 0.0947. The van der Waals surface area contributed by atoms with Gasteiger partial charge in [0.05, 0.1) is 5.69 Å². The van der Waals surface area contributed by atoms with Crippen LogP contribution in [0.2, 0.25) is 0 Å². The molecule has 0 saturated heterocycles. The summed E-state index contributed by atoms with van der Waals surface area (Å²) in [4.78, 5) is 16.4. The van der Waals surface area contributed by atoms with Gasteiger partial charge < -0.3 is 15.2 Å². The Labute approximate surface area is 141 Å². The summed E-state index contributed by atoms with van der Waals surface area (Å²) in [7, 11) is 1.91. The van der Waals surface area contributed by atoms with Crippen molar-refractivity contribution in [2.75, 3.05) is 18.4 Å². The van der Waals surface area contributed by atoms with Crippen LogP contribution in [0, 0.1) is 0 Å². The molecule has 0 radical (unpaired) electrons. The lowest BCUT2D eigenvalue weighted by Crippen LogP contribution is -2.30. The number of nitrogens with one attached hydrogen (secondary N) is 2. The van der Waals surface area contributed by atoms with Crippen LogP contribution < -0.4 is 10.6 Å². The minimum absolute atomic E-state index is 0.0762. The summed E-state index contributed by atoms with van der Waals surface area (Å²) < 4.78 is 1.92. The second-order valence-electron chi connectivity index (χ2n) is 5.45. The molecule has 0 unspecified atom stereocenters. The first-order valence-electron chi connectivity index (χ1n) is 7.89. The van der Waals surface area contributed by atoms with Crippen LogP contribution >= 0.6 is 0 Å². The molecule has 1 amide bonds. The molecule has 5 heteroatoms. The molecule has 0 aliphatic heterocycles. The number of amides is 1. The first-order valence-corrected chi connectivity index (χ1v) is 7.89. The molecule has 0 fully saturated rings. The Bertz CT molecular complexity index is 797. The fourth-order valence-corrected chi connectivity index (χ4v) is 2.58. The molecule has 24 heavy (non-hydrogen) atoms. The fourth-order valence-electron chi connectivity index (χ4n) is 2.58. The van der Waals surface area contributed by atoms with E-state index in [-0.39, 0.29) is 5.91 Å². The van der Waals surface area contributed by atoms with Crippen molar-refractivity contribution in [3.8, 4) is 11.3 Å². The van der Waals surface area contributed by atoms with E-state index < -0.39 is 0 Å². The summed E-state index contributed by atoms with van der Waals surface area (Å²) >= 11 is 0. The van der Waals surface area contributed by atoms with E-state index in [0.717, 1.165) is 16.9 Å². The Kier molecular flexibility index (Phi) is 4.91. The third-order valence-electron chi connectivity index (χ3n) is 3.83. The number of hydrogen-bond donors (Lipinski definition) is 2. The van der Waals surface area contributed by atoms with Gasteiger partial charge in [-0.3, -0.25) is 9.78 Å². The standard InChI is InChI=1S/C19H20N4O/c1-23-17(15-6-3-2-4-7-15)9-10-18(23)19(24)22-13-12-21-16-8-5-11-20-14-16/h2-11,14,21H,12-13H2,1H3,(H,22,24). The zero-order valence-corrected chi connectivity index (χ0v) is 13.6. The molecule has 1 aromatic carbocycles. The summed E-state index contributed by atoms with van der Waals surface area (Å²) in [5.41, 5.74) is 3.71. The minimum Gasteiger partial charge on any atom is -0.382 e. The highest BCUT2D eigenvalue weighted by Crippen LogP contribution is 2.21. The zero-order valence-electron chi connectivity index (χ0n) is 13.6. The van der Waals surface area contributed by atoms with Crippen LogP contribution in [0.15, 0.2) is 67.0 Å². The molecule has 0 spiro atoms. The van der Waals surface area contributed by atoms with Crippen LogP contribution in [0.1, 0.15) is 10.5 Å². The highest BCUT2D eigenvalue weighted by atomic mass is 16.1. The van der Waals surface area contributed by atoms with Crippen molar-refractivity contribution in [2.24, 2.45) is 7.05 Å². The normalized spacial score (nSPS) is 10.4. The summed E-state index contributed by atoms with van der Waals surface area (Å²) in [6.07, 6.45) is 3.48. The quantitative estimate of drug-likeness (QED) is 0.687. The number of carbonyl (C=O) groups excluding carboxylic acids is 1. The summed E-state index contributed by atoms with van der Waals surface area (Å²) in [6, 6.07) is 17.7. The van der Waals surface area contributed by atoms with E-state index in [4.69, 9.17) is 0 Å². The predicted octanol–water partition coefficient (Wildman–Crippen LogP) is 2.93. The van der Waals surface area contributed by atoms with E-state index in [1.807, 2.05) is 66.2 Å². The fraction of sp³-hybridized carbons (Fsp3) is 0.158.